The first kappa shape index (κ1) is 15.3. The fourth-order valence-corrected chi connectivity index (χ4v) is 1.85. The molecular weight excluding hydrogens is 264 g/mol. The van der Waals surface area contributed by atoms with Crippen LogP contribution in [-0.4, -0.2) is 34.7 Å². The van der Waals surface area contributed by atoms with E-state index in [1.165, 1.54) is 13.8 Å². The van der Waals surface area contributed by atoms with Gasteiger partial charge in [0.25, 0.3) is 0 Å². The molecule has 0 rings (SSSR count). The molecule has 2 unspecified atom stereocenters. The van der Waals surface area contributed by atoms with Crippen LogP contribution in [0.2, 0.25) is 0 Å². The number of carbonyl (C=O) groups is 2. The van der Waals surface area contributed by atoms with E-state index in [0.29, 0.717) is 0 Å². The molecule has 0 heterocycles. The van der Waals surface area contributed by atoms with E-state index in [4.69, 9.17) is 10.5 Å². The zero-order valence-electron chi connectivity index (χ0n) is 8.41. The minimum absolute atomic E-state index is 1.15. The van der Waals surface area contributed by atoms with Crippen molar-refractivity contribution >= 4 is 11.9 Å². The SMILES string of the molecule is CC([O][Ti](=[O])[O]C(C)C(=O)OO)C(=O)OO. The van der Waals surface area contributed by atoms with Crippen molar-refractivity contribution in [2.45, 2.75) is 26.1 Å². The van der Waals surface area contributed by atoms with E-state index in [1.807, 2.05) is 0 Å². The topological polar surface area (TPSA) is 129 Å². The molecule has 0 aliphatic carbocycles. The van der Waals surface area contributed by atoms with E-state index in [2.05, 4.69) is 16.4 Å². The summed E-state index contributed by atoms with van der Waals surface area (Å²) in [5.41, 5.74) is 0. The van der Waals surface area contributed by atoms with Gasteiger partial charge in [-0.3, -0.25) is 0 Å². The monoisotopic (exact) mass is 274 g/mol. The summed E-state index contributed by atoms with van der Waals surface area (Å²) in [5, 5.41) is 15.9. The Hall–Kier alpha value is -0.706. The number of hydrogen-bond acceptors (Lipinski definition) is 9. The first-order valence-electron chi connectivity index (χ1n) is 4.00. The van der Waals surface area contributed by atoms with Crippen LogP contribution in [-0.2, 0) is 47.9 Å². The van der Waals surface area contributed by atoms with Crippen molar-refractivity contribution in [1.29, 1.82) is 0 Å². The quantitative estimate of drug-likeness (QED) is 0.378. The number of rotatable bonds is 6. The van der Waals surface area contributed by atoms with Crippen molar-refractivity contribution in [2.75, 3.05) is 0 Å². The van der Waals surface area contributed by atoms with Crippen LogP contribution in [0.4, 0.5) is 0 Å². The third-order valence-electron chi connectivity index (χ3n) is 1.39. The molecule has 92 valence electrons. The van der Waals surface area contributed by atoms with Gasteiger partial charge in [0.05, 0.1) is 0 Å². The zero-order valence-corrected chi connectivity index (χ0v) is 9.97. The van der Waals surface area contributed by atoms with Crippen molar-refractivity contribution in [1.82, 2.24) is 0 Å². The maximum absolute atomic E-state index is 11.1. The third-order valence-corrected chi connectivity index (χ3v) is 3.10. The van der Waals surface area contributed by atoms with Gasteiger partial charge in [0.2, 0.25) is 0 Å². The molecule has 16 heavy (non-hydrogen) atoms. The van der Waals surface area contributed by atoms with Crippen LogP contribution >= 0.6 is 0 Å². The molecule has 0 aromatic rings. The average molecular weight is 274 g/mol. The van der Waals surface area contributed by atoms with Crippen LogP contribution in [0.5, 0.6) is 0 Å². The molecule has 0 aromatic heterocycles. The summed E-state index contributed by atoms with van der Waals surface area (Å²) in [6, 6.07) is 0. The van der Waals surface area contributed by atoms with Crippen LogP contribution < -0.4 is 0 Å². The zero-order chi connectivity index (χ0) is 12.7. The van der Waals surface area contributed by atoms with Crippen molar-refractivity contribution in [2.24, 2.45) is 0 Å². The number of hydrogen-bond donors (Lipinski definition) is 2. The molecule has 0 amide bonds. The molecule has 2 N–H and O–H groups in total. The van der Waals surface area contributed by atoms with E-state index in [1.54, 1.807) is 0 Å². The van der Waals surface area contributed by atoms with Crippen LogP contribution in [0.1, 0.15) is 13.8 Å². The Kier molecular flexibility index (Phi) is 7.22. The molecule has 0 saturated heterocycles. The Bertz CT molecular complexity index is 251. The first-order valence-corrected chi connectivity index (χ1v) is 5.91. The Morgan fingerprint density at radius 2 is 1.31 bits per heavy atom. The van der Waals surface area contributed by atoms with E-state index in [-0.39, 0.29) is 0 Å². The second-order valence-electron chi connectivity index (χ2n) is 2.59. The summed E-state index contributed by atoms with van der Waals surface area (Å²) in [4.78, 5) is 27.9. The summed E-state index contributed by atoms with van der Waals surface area (Å²) in [6.07, 6.45) is -2.59. The molecule has 0 saturated carbocycles. The van der Waals surface area contributed by atoms with E-state index in [0.717, 1.165) is 0 Å². The van der Waals surface area contributed by atoms with Crippen LogP contribution in [0.25, 0.3) is 0 Å². The van der Waals surface area contributed by atoms with Crippen LogP contribution in [0.3, 0.4) is 0 Å². The third kappa shape index (κ3) is 5.40. The second-order valence-corrected chi connectivity index (χ2v) is 4.11. The summed E-state index contributed by atoms with van der Waals surface area (Å²) in [5.74, 6) is -2.30. The molecule has 9 nitrogen and oxygen atoms in total. The summed E-state index contributed by atoms with van der Waals surface area (Å²) >= 11 is -3.80. The predicted octanol–water partition coefficient (Wildman–Crippen LogP) is -0.377. The first-order chi connectivity index (χ1) is 7.42. The molecule has 0 fully saturated rings. The minimum atomic E-state index is -3.80. The molecule has 0 aliphatic heterocycles. The van der Waals surface area contributed by atoms with Gasteiger partial charge >= 0.3 is 96.5 Å². The Morgan fingerprint density at radius 1 is 1.00 bits per heavy atom. The predicted molar refractivity (Wildman–Crippen MR) is 39.2 cm³/mol. The molecular formula is C6H10O9Ti. The normalized spacial score (nSPS) is 13.8. The van der Waals surface area contributed by atoms with Gasteiger partial charge in [0, 0.05) is 0 Å². The Labute approximate surface area is 96.8 Å². The summed E-state index contributed by atoms with van der Waals surface area (Å²) in [6.45, 7) is 2.34. The molecule has 0 aliphatic rings. The fraction of sp³-hybridized carbons (Fsp3) is 0.667. The molecule has 0 spiro atoms. The van der Waals surface area contributed by atoms with Crippen molar-refractivity contribution < 1.29 is 58.5 Å². The maximum atomic E-state index is 11.1. The van der Waals surface area contributed by atoms with Gasteiger partial charge in [-0.15, -0.1) is 0 Å². The van der Waals surface area contributed by atoms with Crippen molar-refractivity contribution in [3.05, 3.63) is 0 Å². The molecule has 0 bridgehead atoms. The van der Waals surface area contributed by atoms with Gasteiger partial charge in [-0.25, -0.2) is 0 Å². The van der Waals surface area contributed by atoms with Crippen molar-refractivity contribution in [3.8, 4) is 0 Å². The van der Waals surface area contributed by atoms with Gasteiger partial charge in [0.15, 0.2) is 0 Å². The van der Waals surface area contributed by atoms with Crippen LogP contribution in [0.15, 0.2) is 0 Å². The van der Waals surface area contributed by atoms with Crippen molar-refractivity contribution in [3.63, 3.8) is 0 Å². The van der Waals surface area contributed by atoms with E-state index < -0.39 is 42.8 Å². The van der Waals surface area contributed by atoms with Gasteiger partial charge in [-0.1, -0.05) is 0 Å². The molecule has 0 aromatic carbocycles. The molecule has 10 heteroatoms. The number of carbonyl (C=O) groups excluding carboxylic acids is 2. The van der Waals surface area contributed by atoms with Crippen LogP contribution in [0, 0.1) is 0 Å². The van der Waals surface area contributed by atoms with Gasteiger partial charge in [0.1, 0.15) is 0 Å². The average Bonchev–Trinajstić information content (AvgIpc) is 2.26. The van der Waals surface area contributed by atoms with Gasteiger partial charge < -0.3 is 0 Å². The van der Waals surface area contributed by atoms with E-state index in [9.17, 15) is 12.9 Å². The molecule has 0 radical (unpaired) electrons. The standard InChI is InChI=1S/2C3H5O4.O.Ti/c2*1-2(4)3(5)7-6;;/h2*2,6H,1H3;;/q2*-1;;+2. The Balaban J connectivity index is 4.08. The summed E-state index contributed by atoms with van der Waals surface area (Å²) < 4.78 is 20.2. The molecule has 2 atom stereocenters. The fourth-order valence-electron chi connectivity index (χ4n) is 0.561. The second kappa shape index (κ2) is 7.55. The van der Waals surface area contributed by atoms with Gasteiger partial charge in [-0.05, 0) is 0 Å². The summed E-state index contributed by atoms with van der Waals surface area (Å²) in [7, 11) is 0. The Morgan fingerprint density at radius 3 is 1.56 bits per heavy atom. The van der Waals surface area contributed by atoms with Gasteiger partial charge in [-0.2, -0.15) is 0 Å². The van der Waals surface area contributed by atoms with E-state index >= 15 is 0 Å².